The molecule has 0 aliphatic carbocycles. The fraction of sp³-hybridized carbons (Fsp3) is 0.619. The molecule has 0 aromatic carbocycles. The van der Waals surface area contributed by atoms with Crippen molar-refractivity contribution in [1.29, 1.82) is 0 Å². The lowest BCUT2D eigenvalue weighted by molar-refractivity contribution is 0.0167. The number of carbonyl (C=O) groups excluding carboxylic acids is 2. The standard InChI is InChI=1S/C21H29N5O4/c1-5-14-10-16-22-17-15(18(27)26(16)23-14)12-25(19(17)28)11-13-6-8-24(9-7-13)20(29)30-21(2,3)4/h10,13,22H,5-9,11-12H2,1-4H3. The Hall–Kier alpha value is -2.84. The van der Waals surface area contributed by atoms with E-state index in [0.29, 0.717) is 43.1 Å². The molecule has 2 aliphatic heterocycles. The van der Waals surface area contributed by atoms with Crippen molar-refractivity contribution in [3.63, 3.8) is 0 Å². The van der Waals surface area contributed by atoms with Gasteiger partial charge in [-0.05, 0) is 46.0 Å². The molecule has 2 aromatic rings. The number of hydrogen-bond donors (Lipinski definition) is 1. The molecule has 0 bridgehead atoms. The smallest absolute Gasteiger partial charge is 0.410 e. The maximum Gasteiger partial charge on any atom is 0.410 e. The molecule has 4 rings (SSSR count). The molecular weight excluding hydrogens is 386 g/mol. The molecule has 1 fully saturated rings. The number of H-pyrrole nitrogens is 1. The summed E-state index contributed by atoms with van der Waals surface area (Å²) in [5.41, 5.74) is 1.48. The first-order chi connectivity index (χ1) is 14.2. The molecular formula is C21H29N5O4. The number of aromatic nitrogens is 3. The molecule has 0 unspecified atom stereocenters. The van der Waals surface area contributed by atoms with Gasteiger partial charge in [-0.3, -0.25) is 9.59 Å². The minimum atomic E-state index is -0.508. The largest absolute Gasteiger partial charge is 0.444 e. The minimum absolute atomic E-state index is 0.140. The van der Waals surface area contributed by atoms with Gasteiger partial charge in [-0.2, -0.15) is 9.61 Å². The average molecular weight is 415 g/mol. The summed E-state index contributed by atoms with van der Waals surface area (Å²) in [6, 6.07) is 1.81. The molecule has 162 valence electrons. The number of aromatic amines is 1. The van der Waals surface area contributed by atoms with Gasteiger partial charge in [0.1, 0.15) is 16.9 Å². The van der Waals surface area contributed by atoms with Crippen LogP contribution in [0.15, 0.2) is 10.9 Å². The third-order valence-electron chi connectivity index (χ3n) is 5.72. The number of nitrogens with one attached hydrogen (secondary N) is 1. The molecule has 2 aromatic heterocycles. The number of ether oxygens (including phenoxy) is 1. The van der Waals surface area contributed by atoms with Gasteiger partial charge in [0.05, 0.1) is 17.8 Å². The second-order valence-corrected chi connectivity index (χ2v) is 9.17. The number of fused-ring (bicyclic) bond motifs is 2. The molecule has 9 nitrogen and oxygen atoms in total. The number of amides is 2. The zero-order valence-corrected chi connectivity index (χ0v) is 18.0. The lowest BCUT2D eigenvalue weighted by Crippen LogP contribution is -2.43. The second-order valence-electron chi connectivity index (χ2n) is 9.17. The highest BCUT2D eigenvalue weighted by atomic mass is 16.6. The Bertz CT molecular complexity index is 1040. The van der Waals surface area contributed by atoms with E-state index in [9.17, 15) is 14.4 Å². The van der Waals surface area contributed by atoms with E-state index in [0.717, 1.165) is 25.0 Å². The van der Waals surface area contributed by atoms with E-state index in [-0.39, 0.29) is 23.5 Å². The Morgan fingerprint density at radius 2 is 1.97 bits per heavy atom. The topological polar surface area (TPSA) is 100 Å². The summed E-state index contributed by atoms with van der Waals surface area (Å²) in [4.78, 5) is 44.5. The number of piperidine rings is 1. The number of rotatable bonds is 3. The molecule has 1 saturated heterocycles. The summed E-state index contributed by atoms with van der Waals surface area (Å²) in [6.45, 7) is 9.64. The van der Waals surface area contributed by atoms with Crippen molar-refractivity contribution in [2.45, 2.75) is 59.1 Å². The van der Waals surface area contributed by atoms with Gasteiger partial charge in [-0.1, -0.05) is 6.92 Å². The van der Waals surface area contributed by atoms with Crippen LogP contribution in [0.1, 0.15) is 62.3 Å². The van der Waals surface area contributed by atoms with Crippen LogP contribution in [-0.2, 0) is 17.7 Å². The average Bonchev–Trinajstić information content (AvgIpc) is 3.24. The van der Waals surface area contributed by atoms with E-state index in [4.69, 9.17) is 4.74 Å². The van der Waals surface area contributed by atoms with E-state index in [1.54, 1.807) is 9.80 Å². The molecule has 2 aliphatic rings. The van der Waals surface area contributed by atoms with Gasteiger partial charge >= 0.3 is 6.09 Å². The van der Waals surface area contributed by atoms with Gasteiger partial charge in [-0.25, -0.2) is 4.79 Å². The Balaban J connectivity index is 1.41. The highest BCUT2D eigenvalue weighted by Gasteiger charge is 2.35. The van der Waals surface area contributed by atoms with E-state index >= 15 is 0 Å². The molecule has 0 spiro atoms. The van der Waals surface area contributed by atoms with Crippen LogP contribution in [0, 0.1) is 5.92 Å². The van der Waals surface area contributed by atoms with Crippen LogP contribution < -0.4 is 5.56 Å². The minimum Gasteiger partial charge on any atom is -0.444 e. The monoisotopic (exact) mass is 415 g/mol. The van der Waals surface area contributed by atoms with Crippen molar-refractivity contribution >= 4 is 17.6 Å². The SMILES string of the molecule is CCc1cc2[nH]c3c(c(=O)n2n1)CN(CC1CCN(C(=O)OC(C)(C)C)CC1)C3=O. The number of hydrogen-bond acceptors (Lipinski definition) is 5. The maximum absolute atomic E-state index is 12.9. The summed E-state index contributed by atoms with van der Waals surface area (Å²) in [6.07, 6.45) is 2.04. The highest BCUT2D eigenvalue weighted by molar-refractivity contribution is 5.96. The quantitative estimate of drug-likeness (QED) is 0.828. The van der Waals surface area contributed by atoms with Crippen LogP contribution in [0.4, 0.5) is 4.79 Å². The first-order valence-electron chi connectivity index (χ1n) is 10.6. The first kappa shape index (κ1) is 20.4. The predicted octanol–water partition coefficient (Wildman–Crippen LogP) is 2.19. The highest BCUT2D eigenvalue weighted by Crippen LogP contribution is 2.25. The maximum atomic E-state index is 12.9. The van der Waals surface area contributed by atoms with E-state index in [2.05, 4.69) is 10.1 Å². The number of aryl methyl sites for hydroxylation is 1. The van der Waals surface area contributed by atoms with Gasteiger partial charge in [0.15, 0.2) is 0 Å². The Labute approximate surface area is 175 Å². The van der Waals surface area contributed by atoms with Crippen LogP contribution in [0.5, 0.6) is 0 Å². The van der Waals surface area contributed by atoms with Gasteiger partial charge < -0.3 is 19.5 Å². The Morgan fingerprint density at radius 3 is 2.60 bits per heavy atom. The zero-order chi connectivity index (χ0) is 21.6. The van der Waals surface area contributed by atoms with Gasteiger partial charge in [0, 0.05) is 25.7 Å². The molecule has 1 N–H and O–H groups in total. The Morgan fingerprint density at radius 1 is 1.27 bits per heavy atom. The van der Waals surface area contributed by atoms with Crippen molar-refractivity contribution in [3.05, 3.63) is 33.4 Å². The van der Waals surface area contributed by atoms with Crippen LogP contribution >= 0.6 is 0 Å². The van der Waals surface area contributed by atoms with Crippen LogP contribution in [-0.4, -0.2) is 61.6 Å². The third kappa shape index (κ3) is 3.80. The molecule has 2 amide bonds. The third-order valence-corrected chi connectivity index (χ3v) is 5.72. The van der Waals surface area contributed by atoms with E-state index in [1.807, 2.05) is 33.8 Å². The molecule has 0 saturated carbocycles. The lowest BCUT2D eigenvalue weighted by atomic mass is 9.96. The molecule has 30 heavy (non-hydrogen) atoms. The van der Waals surface area contributed by atoms with E-state index in [1.165, 1.54) is 4.52 Å². The first-order valence-corrected chi connectivity index (χ1v) is 10.6. The van der Waals surface area contributed by atoms with Gasteiger partial charge in [-0.15, -0.1) is 0 Å². The zero-order valence-electron chi connectivity index (χ0n) is 18.0. The summed E-state index contributed by atoms with van der Waals surface area (Å²) in [7, 11) is 0. The summed E-state index contributed by atoms with van der Waals surface area (Å²) in [5, 5.41) is 4.32. The second kappa shape index (κ2) is 7.45. The van der Waals surface area contributed by atoms with Crippen molar-refractivity contribution in [1.82, 2.24) is 24.4 Å². The predicted molar refractivity (Wildman–Crippen MR) is 110 cm³/mol. The van der Waals surface area contributed by atoms with Gasteiger partial charge in [0.2, 0.25) is 0 Å². The number of carbonyl (C=O) groups is 2. The normalized spacial score (nSPS) is 17.7. The lowest BCUT2D eigenvalue weighted by Gasteiger charge is -2.34. The van der Waals surface area contributed by atoms with Crippen LogP contribution in [0.3, 0.4) is 0 Å². The van der Waals surface area contributed by atoms with Gasteiger partial charge in [0.25, 0.3) is 11.5 Å². The van der Waals surface area contributed by atoms with Crippen LogP contribution in [0.25, 0.3) is 5.65 Å². The van der Waals surface area contributed by atoms with E-state index < -0.39 is 5.60 Å². The fourth-order valence-electron chi connectivity index (χ4n) is 4.12. The number of likely N-dealkylation sites (tertiary alicyclic amines) is 1. The van der Waals surface area contributed by atoms with Crippen molar-refractivity contribution in [3.8, 4) is 0 Å². The summed E-state index contributed by atoms with van der Waals surface area (Å²) >= 11 is 0. The summed E-state index contributed by atoms with van der Waals surface area (Å²) < 4.78 is 6.80. The summed E-state index contributed by atoms with van der Waals surface area (Å²) in [5.74, 6) is 0.145. The fourth-order valence-corrected chi connectivity index (χ4v) is 4.12. The molecule has 9 heteroatoms. The molecule has 4 heterocycles. The molecule has 0 atom stereocenters. The van der Waals surface area contributed by atoms with Crippen molar-refractivity contribution in [2.75, 3.05) is 19.6 Å². The Kier molecular flexibility index (Phi) is 5.07. The van der Waals surface area contributed by atoms with Crippen molar-refractivity contribution < 1.29 is 14.3 Å². The van der Waals surface area contributed by atoms with Crippen LogP contribution in [0.2, 0.25) is 0 Å². The number of nitrogens with zero attached hydrogens (tertiary/aromatic N) is 4. The molecule has 0 radical (unpaired) electrons. The van der Waals surface area contributed by atoms with Crippen molar-refractivity contribution in [2.24, 2.45) is 5.92 Å².